The first kappa shape index (κ1) is 11.1. The van der Waals surface area contributed by atoms with E-state index in [4.69, 9.17) is 10.00 Å². The lowest BCUT2D eigenvalue weighted by Gasteiger charge is -2.06. The van der Waals surface area contributed by atoms with Crippen molar-refractivity contribution in [3.63, 3.8) is 0 Å². The Morgan fingerprint density at radius 1 is 1.35 bits per heavy atom. The third-order valence-corrected chi connectivity index (χ3v) is 2.21. The lowest BCUT2D eigenvalue weighted by Crippen LogP contribution is -1.99. The predicted octanol–water partition coefficient (Wildman–Crippen LogP) is 2.67. The number of nitriles is 1. The standard InChI is InChI=1S/C13H9FN2O/c14-13-6-10(7-15)3-4-11(13)9-17-12-2-1-5-16-8-12/h1-6,8H,9H2. The minimum atomic E-state index is -0.437. The molecule has 0 aliphatic carbocycles. The van der Waals surface area contributed by atoms with Gasteiger partial charge in [-0.25, -0.2) is 4.39 Å². The van der Waals surface area contributed by atoms with Gasteiger partial charge in [0.05, 0.1) is 17.8 Å². The maximum Gasteiger partial charge on any atom is 0.138 e. The van der Waals surface area contributed by atoms with Crippen molar-refractivity contribution in [1.29, 1.82) is 5.26 Å². The monoisotopic (exact) mass is 228 g/mol. The summed E-state index contributed by atoms with van der Waals surface area (Å²) in [6.45, 7) is 0.114. The maximum atomic E-state index is 13.5. The average Bonchev–Trinajstić information content (AvgIpc) is 2.38. The van der Waals surface area contributed by atoms with Crippen LogP contribution < -0.4 is 4.74 Å². The number of hydrogen-bond acceptors (Lipinski definition) is 3. The van der Waals surface area contributed by atoms with Gasteiger partial charge in [-0.05, 0) is 24.3 Å². The summed E-state index contributed by atoms with van der Waals surface area (Å²) in [5.74, 6) is 0.143. The summed E-state index contributed by atoms with van der Waals surface area (Å²) in [4.78, 5) is 3.88. The summed E-state index contributed by atoms with van der Waals surface area (Å²) >= 11 is 0. The molecular formula is C13H9FN2O. The molecule has 0 bridgehead atoms. The van der Waals surface area contributed by atoms with E-state index in [-0.39, 0.29) is 6.61 Å². The van der Waals surface area contributed by atoms with Crippen LogP contribution in [0.1, 0.15) is 11.1 Å². The molecule has 2 rings (SSSR count). The molecule has 1 aromatic heterocycles. The number of nitrogens with zero attached hydrogens (tertiary/aromatic N) is 2. The van der Waals surface area contributed by atoms with Crippen LogP contribution in [-0.2, 0) is 6.61 Å². The Balaban J connectivity index is 2.08. The van der Waals surface area contributed by atoms with Gasteiger partial charge in [-0.15, -0.1) is 0 Å². The summed E-state index contributed by atoms with van der Waals surface area (Å²) in [6.07, 6.45) is 3.19. The Hall–Kier alpha value is -2.41. The number of benzene rings is 1. The molecule has 0 spiro atoms. The summed E-state index contributed by atoms with van der Waals surface area (Å²) in [6, 6.07) is 9.67. The van der Waals surface area contributed by atoms with Crippen LogP contribution in [0, 0.1) is 17.1 Å². The van der Waals surface area contributed by atoms with Gasteiger partial charge in [0.2, 0.25) is 0 Å². The number of hydrogen-bond donors (Lipinski definition) is 0. The first-order valence-electron chi connectivity index (χ1n) is 5.01. The zero-order valence-electron chi connectivity index (χ0n) is 8.93. The summed E-state index contributed by atoms with van der Waals surface area (Å²) in [5.41, 5.74) is 0.709. The van der Waals surface area contributed by atoms with E-state index < -0.39 is 5.82 Å². The van der Waals surface area contributed by atoms with Crippen molar-refractivity contribution in [3.05, 3.63) is 59.7 Å². The third-order valence-electron chi connectivity index (χ3n) is 2.21. The fourth-order valence-corrected chi connectivity index (χ4v) is 1.33. The third kappa shape index (κ3) is 2.79. The van der Waals surface area contributed by atoms with Crippen LogP contribution in [0.5, 0.6) is 5.75 Å². The van der Waals surface area contributed by atoms with Crippen molar-refractivity contribution in [1.82, 2.24) is 4.98 Å². The van der Waals surface area contributed by atoms with Crippen LogP contribution in [0.25, 0.3) is 0 Å². The molecule has 17 heavy (non-hydrogen) atoms. The molecule has 0 amide bonds. The summed E-state index contributed by atoms with van der Waals surface area (Å²) in [5, 5.41) is 8.60. The molecule has 3 nitrogen and oxygen atoms in total. The van der Waals surface area contributed by atoms with Gasteiger partial charge < -0.3 is 4.74 Å². The molecule has 0 atom stereocenters. The topological polar surface area (TPSA) is 45.9 Å². The first-order valence-corrected chi connectivity index (χ1v) is 5.01. The Morgan fingerprint density at radius 2 is 2.24 bits per heavy atom. The molecule has 0 saturated heterocycles. The van der Waals surface area contributed by atoms with E-state index in [0.29, 0.717) is 16.9 Å². The molecule has 1 aromatic carbocycles. The van der Waals surface area contributed by atoms with Crippen molar-refractivity contribution in [3.8, 4) is 11.8 Å². The first-order chi connectivity index (χ1) is 8.29. The van der Waals surface area contributed by atoms with E-state index in [1.165, 1.54) is 6.07 Å². The smallest absolute Gasteiger partial charge is 0.138 e. The second-order valence-electron chi connectivity index (χ2n) is 3.40. The second kappa shape index (κ2) is 5.08. The molecule has 1 heterocycles. The van der Waals surface area contributed by atoms with Gasteiger partial charge in [-0.3, -0.25) is 4.98 Å². The van der Waals surface area contributed by atoms with E-state index in [1.807, 2.05) is 6.07 Å². The Kier molecular flexibility index (Phi) is 3.31. The molecular weight excluding hydrogens is 219 g/mol. The van der Waals surface area contributed by atoms with Gasteiger partial charge in [0.1, 0.15) is 18.2 Å². The molecule has 0 radical (unpaired) electrons. The molecule has 2 aromatic rings. The van der Waals surface area contributed by atoms with Gasteiger partial charge in [0, 0.05) is 11.8 Å². The fourth-order valence-electron chi connectivity index (χ4n) is 1.33. The Labute approximate surface area is 98.1 Å². The van der Waals surface area contributed by atoms with Crippen LogP contribution in [0.15, 0.2) is 42.7 Å². The Morgan fingerprint density at radius 3 is 2.88 bits per heavy atom. The van der Waals surface area contributed by atoms with Crippen molar-refractivity contribution in [2.75, 3.05) is 0 Å². The van der Waals surface area contributed by atoms with E-state index in [2.05, 4.69) is 4.98 Å². The molecule has 4 heteroatoms. The zero-order chi connectivity index (χ0) is 12.1. The number of halogens is 1. The number of ether oxygens (including phenoxy) is 1. The van der Waals surface area contributed by atoms with E-state index in [0.717, 1.165) is 0 Å². The maximum absolute atomic E-state index is 13.5. The Bertz CT molecular complexity index is 549. The molecule has 0 fully saturated rings. The van der Waals surface area contributed by atoms with Crippen LogP contribution in [0.3, 0.4) is 0 Å². The largest absolute Gasteiger partial charge is 0.487 e. The van der Waals surface area contributed by atoms with Crippen LogP contribution in [0.2, 0.25) is 0 Å². The van der Waals surface area contributed by atoms with Gasteiger partial charge in [-0.1, -0.05) is 6.07 Å². The van der Waals surface area contributed by atoms with Crippen LogP contribution >= 0.6 is 0 Å². The van der Waals surface area contributed by atoms with Crippen LogP contribution in [0.4, 0.5) is 4.39 Å². The zero-order valence-corrected chi connectivity index (χ0v) is 8.93. The molecule has 0 aliphatic rings. The average molecular weight is 228 g/mol. The highest BCUT2D eigenvalue weighted by Gasteiger charge is 2.04. The highest BCUT2D eigenvalue weighted by atomic mass is 19.1. The van der Waals surface area contributed by atoms with E-state index in [9.17, 15) is 4.39 Å². The molecule has 84 valence electrons. The normalized spacial score (nSPS) is 9.65. The van der Waals surface area contributed by atoms with Gasteiger partial charge in [-0.2, -0.15) is 5.26 Å². The van der Waals surface area contributed by atoms with Crippen molar-refractivity contribution in [2.45, 2.75) is 6.61 Å². The minimum Gasteiger partial charge on any atom is -0.487 e. The van der Waals surface area contributed by atoms with E-state index >= 15 is 0 Å². The highest BCUT2D eigenvalue weighted by Crippen LogP contribution is 2.14. The molecule has 0 aliphatic heterocycles. The number of aromatic nitrogens is 1. The van der Waals surface area contributed by atoms with E-state index in [1.54, 1.807) is 36.7 Å². The second-order valence-corrected chi connectivity index (χ2v) is 3.40. The molecule has 0 unspecified atom stereocenters. The number of pyridine rings is 1. The van der Waals surface area contributed by atoms with Crippen molar-refractivity contribution in [2.24, 2.45) is 0 Å². The quantitative estimate of drug-likeness (QED) is 0.811. The SMILES string of the molecule is N#Cc1ccc(COc2cccnc2)c(F)c1. The van der Waals surface area contributed by atoms with Crippen molar-refractivity contribution < 1.29 is 9.13 Å². The van der Waals surface area contributed by atoms with Gasteiger partial charge >= 0.3 is 0 Å². The molecule has 0 N–H and O–H groups in total. The lowest BCUT2D eigenvalue weighted by molar-refractivity contribution is 0.298. The van der Waals surface area contributed by atoms with Gasteiger partial charge in [0.25, 0.3) is 0 Å². The van der Waals surface area contributed by atoms with Gasteiger partial charge in [0.15, 0.2) is 0 Å². The van der Waals surface area contributed by atoms with Crippen LogP contribution in [-0.4, -0.2) is 4.98 Å². The molecule has 0 saturated carbocycles. The summed E-state index contributed by atoms with van der Waals surface area (Å²) < 4.78 is 18.9. The predicted molar refractivity (Wildman–Crippen MR) is 59.7 cm³/mol. The highest BCUT2D eigenvalue weighted by molar-refractivity contribution is 5.32. The lowest BCUT2D eigenvalue weighted by atomic mass is 10.1. The fraction of sp³-hybridized carbons (Fsp3) is 0.0769. The van der Waals surface area contributed by atoms with Crippen molar-refractivity contribution >= 4 is 0 Å². The number of rotatable bonds is 3. The minimum absolute atomic E-state index is 0.114. The summed E-state index contributed by atoms with van der Waals surface area (Å²) in [7, 11) is 0.